The van der Waals surface area contributed by atoms with E-state index in [0.29, 0.717) is 12.4 Å². The van der Waals surface area contributed by atoms with Crippen LogP contribution in [-0.4, -0.2) is 35.4 Å². The third-order valence-corrected chi connectivity index (χ3v) is 5.32. The number of nitrogens with zero attached hydrogens (tertiary/aromatic N) is 2. The molecular weight excluding hydrogens is 310 g/mol. The van der Waals surface area contributed by atoms with Gasteiger partial charge in [0.25, 0.3) is 0 Å². The van der Waals surface area contributed by atoms with Crippen molar-refractivity contribution in [2.24, 2.45) is 5.92 Å². The van der Waals surface area contributed by atoms with E-state index in [-0.39, 0.29) is 11.8 Å². The van der Waals surface area contributed by atoms with E-state index < -0.39 is 0 Å². The average Bonchev–Trinajstić information content (AvgIpc) is 3.21. The molecule has 0 bridgehead atoms. The highest BCUT2D eigenvalue weighted by atomic mass is 32.1. The van der Waals surface area contributed by atoms with Gasteiger partial charge in [-0.25, -0.2) is 4.98 Å². The van der Waals surface area contributed by atoms with Crippen molar-refractivity contribution in [3.63, 3.8) is 0 Å². The van der Waals surface area contributed by atoms with Gasteiger partial charge < -0.3 is 9.73 Å². The highest BCUT2D eigenvalue weighted by Crippen LogP contribution is 2.30. The van der Waals surface area contributed by atoms with Crippen molar-refractivity contribution < 1.29 is 9.21 Å². The minimum atomic E-state index is 0.0983. The smallest absolute Gasteiger partial charge is 0.237 e. The summed E-state index contributed by atoms with van der Waals surface area (Å²) < 4.78 is 5.86. The molecule has 6 heteroatoms. The first-order valence-electron chi connectivity index (χ1n) is 8.09. The molecule has 1 unspecified atom stereocenters. The fourth-order valence-electron chi connectivity index (χ4n) is 2.98. The van der Waals surface area contributed by atoms with Crippen LogP contribution in [0, 0.1) is 19.8 Å². The van der Waals surface area contributed by atoms with E-state index in [1.807, 2.05) is 13.8 Å². The van der Waals surface area contributed by atoms with Crippen molar-refractivity contribution in [2.75, 3.05) is 19.6 Å². The van der Waals surface area contributed by atoms with Gasteiger partial charge in [0.2, 0.25) is 11.8 Å². The third-order valence-electron chi connectivity index (χ3n) is 4.32. The number of oxazole rings is 1. The SMILES string of the molecule is CCNC(=O)C1CCN(Cc2nc(-c3sccc3C)oc2C)C1. The molecule has 2 aromatic rings. The number of aryl methyl sites for hydroxylation is 2. The van der Waals surface area contributed by atoms with Crippen LogP contribution in [0.15, 0.2) is 15.9 Å². The van der Waals surface area contributed by atoms with Crippen molar-refractivity contribution in [1.29, 1.82) is 0 Å². The summed E-state index contributed by atoms with van der Waals surface area (Å²) in [6.07, 6.45) is 0.916. The van der Waals surface area contributed by atoms with Crippen molar-refractivity contribution in [2.45, 2.75) is 33.7 Å². The maximum atomic E-state index is 11.9. The Bertz CT molecular complexity index is 692. The van der Waals surface area contributed by atoms with Crippen LogP contribution in [0.2, 0.25) is 0 Å². The Morgan fingerprint density at radius 1 is 1.52 bits per heavy atom. The molecule has 1 amide bonds. The fourth-order valence-corrected chi connectivity index (χ4v) is 3.83. The van der Waals surface area contributed by atoms with E-state index in [1.165, 1.54) is 5.56 Å². The van der Waals surface area contributed by atoms with Gasteiger partial charge in [-0.05, 0) is 50.7 Å². The molecule has 0 aromatic carbocycles. The minimum Gasteiger partial charge on any atom is -0.440 e. The Balaban J connectivity index is 1.66. The lowest BCUT2D eigenvalue weighted by Gasteiger charge is -2.14. The number of rotatable bonds is 5. The zero-order valence-electron chi connectivity index (χ0n) is 13.9. The van der Waals surface area contributed by atoms with Gasteiger partial charge in [0.1, 0.15) is 5.76 Å². The predicted molar refractivity (Wildman–Crippen MR) is 91.4 cm³/mol. The highest BCUT2D eigenvalue weighted by Gasteiger charge is 2.29. The Morgan fingerprint density at radius 2 is 2.35 bits per heavy atom. The van der Waals surface area contributed by atoms with Gasteiger partial charge in [0.15, 0.2) is 0 Å². The Labute approximate surface area is 140 Å². The molecule has 23 heavy (non-hydrogen) atoms. The number of amides is 1. The second-order valence-electron chi connectivity index (χ2n) is 6.07. The number of likely N-dealkylation sites (tertiary alicyclic amines) is 1. The Kier molecular flexibility index (Phi) is 4.82. The van der Waals surface area contributed by atoms with Gasteiger partial charge >= 0.3 is 0 Å². The zero-order valence-corrected chi connectivity index (χ0v) is 14.7. The number of carbonyl (C=O) groups is 1. The van der Waals surface area contributed by atoms with Gasteiger partial charge in [0.05, 0.1) is 16.5 Å². The number of hydrogen-bond acceptors (Lipinski definition) is 5. The van der Waals surface area contributed by atoms with Crippen LogP contribution in [-0.2, 0) is 11.3 Å². The highest BCUT2D eigenvalue weighted by molar-refractivity contribution is 7.13. The first-order valence-corrected chi connectivity index (χ1v) is 8.97. The first kappa shape index (κ1) is 16.2. The van der Waals surface area contributed by atoms with Crippen molar-refractivity contribution in [1.82, 2.24) is 15.2 Å². The number of carbonyl (C=O) groups excluding carboxylic acids is 1. The van der Waals surface area contributed by atoms with Gasteiger partial charge in [-0.2, -0.15) is 0 Å². The molecule has 2 aromatic heterocycles. The van der Waals surface area contributed by atoms with E-state index in [1.54, 1.807) is 11.3 Å². The molecule has 0 spiro atoms. The standard InChI is InChI=1S/C17H23N3O2S/c1-4-18-16(21)13-5-7-20(9-13)10-14-12(3)22-17(19-14)15-11(2)6-8-23-15/h6,8,13H,4-5,7,9-10H2,1-3H3,(H,18,21). The van der Waals surface area contributed by atoms with Crippen LogP contribution in [0.5, 0.6) is 0 Å². The van der Waals surface area contributed by atoms with Crippen LogP contribution in [0.4, 0.5) is 0 Å². The molecule has 1 aliphatic heterocycles. The van der Waals surface area contributed by atoms with Crippen LogP contribution in [0.3, 0.4) is 0 Å². The monoisotopic (exact) mass is 333 g/mol. The van der Waals surface area contributed by atoms with Crippen LogP contribution in [0.1, 0.15) is 30.4 Å². The Hall–Kier alpha value is -1.66. The summed E-state index contributed by atoms with van der Waals surface area (Å²) in [7, 11) is 0. The van der Waals surface area contributed by atoms with Gasteiger partial charge in [-0.1, -0.05) is 0 Å². The largest absolute Gasteiger partial charge is 0.440 e. The molecule has 5 nitrogen and oxygen atoms in total. The maximum absolute atomic E-state index is 11.9. The zero-order chi connectivity index (χ0) is 16.4. The lowest BCUT2D eigenvalue weighted by molar-refractivity contribution is -0.124. The van der Waals surface area contributed by atoms with Gasteiger partial charge in [-0.15, -0.1) is 11.3 Å². The van der Waals surface area contributed by atoms with E-state index >= 15 is 0 Å². The molecular formula is C17H23N3O2S. The minimum absolute atomic E-state index is 0.0983. The lowest BCUT2D eigenvalue weighted by atomic mass is 10.1. The summed E-state index contributed by atoms with van der Waals surface area (Å²) in [5.41, 5.74) is 2.17. The van der Waals surface area contributed by atoms with Crippen molar-refractivity contribution >= 4 is 17.2 Å². The number of nitrogens with one attached hydrogen (secondary N) is 1. The van der Waals surface area contributed by atoms with Gasteiger partial charge in [-0.3, -0.25) is 9.69 Å². The fraction of sp³-hybridized carbons (Fsp3) is 0.529. The number of hydrogen-bond donors (Lipinski definition) is 1. The summed E-state index contributed by atoms with van der Waals surface area (Å²) in [5, 5.41) is 4.97. The second kappa shape index (κ2) is 6.84. The van der Waals surface area contributed by atoms with E-state index in [4.69, 9.17) is 4.42 Å². The molecule has 124 valence electrons. The molecule has 0 aliphatic carbocycles. The number of aromatic nitrogens is 1. The van der Waals surface area contributed by atoms with E-state index in [9.17, 15) is 4.79 Å². The second-order valence-corrected chi connectivity index (χ2v) is 6.99. The molecule has 3 heterocycles. The van der Waals surface area contributed by atoms with Crippen LogP contribution in [0.25, 0.3) is 10.8 Å². The predicted octanol–water partition coefficient (Wildman–Crippen LogP) is 2.98. The summed E-state index contributed by atoms with van der Waals surface area (Å²) in [6, 6.07) is 2.08. The molecule has 1 fully saturated rings. The van der Waals surface area contributed by atoms with Crippen LogP contribution < -0.4 is 5.32 Å². The molecule has 1 atom stereocenters. The lowest BCUT2D eigenvalue weighted by Crippen LogP contribution is -2.32. The first-order chi connectivity index (χ1) is 11.1. The average molecular weight is 333 g/mol. The topological polar surface area (TPSA) is 58.4 Å². The van der Waals surface area contributed by atoms with Crippen LogP contribution >= 0.6 is 11.3 Å². The third kappa shape index (κ3) is 3.48. The van der Waals surface area contributed by atoms with Crippen molar-refractivity contribution in [3.05, 3.63) is 28.5 Å². The maximum Gasteiger partial charge on any atom is 0.237 e. The molecule has 1 saturated heterocycles. The number of thiophene rings is 1. The van der Waals surface area contributed by atoms with E-state index in [2.05, 4.69) is 33.6 Å². The van der Waals surface area contributed by atoms with E-state index in [0.717, 1.165) is 42.4 Å². The molecule has 1 aliphatic rings. The van der Waals surface area contributed by atoms with Crippen molar-refractivity contribution in [3.8, 4) is 10.8 Å². The summed E-state index contributed by atoms with van der Waals surface area (Å²) in [6.45, 7) is 9.16. The molecule has 0 saturated carbocycles. The quantitative estimate of drug-likeness (QED) is 0.914. The van der Waals surface area contributed by atoms with Gasteiger partial charge in [0, 0.05) is 19.6 Å². The summed E-state index contributed by atoms with van der Waals surface area (Å²) in [4.78, 5) is 20.0. The summed E-state index contributed by atoms with van der Waals surface area (Å²) >= 11 is 1.65. The normalized spacial score (nSPS) is 18.5. The molecule has 0 radical (unpaired) electrons. The molecule has 1 N–H and O–H groups in total. The Morgan fingerprint density at radius 3 is 3.04 bits per heavy atom. The molecule has 3 rings (SSSR count). The summed E-state index contributed by atoms with van der Waals surface area (Å²) in [5.74, 6) is 1.85.